The van der Waals surface area contributed by atoms with E-state index in [0.717, 1.165) is 34.9 Å². The Bertz CT molecular complexity index is 1010. The molecule has 7 heteroatoms. The number of aliphatic hydroxyl groups is 1. The predicted molar refractivity (Wildman–Crippen MR) is 106 cm³/mol. The summed E-state index contributed by atoms with van der Waals surface area (Å²) in [5, 5.41) is 11.3. The largest absolute Gasteiger partial charge is 0.494 e. The fourth-order valence-corrected chi connectivity index (χ4v) is 3.58. The van der Waals surface area contributed by atoms with Crippen LogP contribution in [0, 0.1) is 6.92 Å². The van der Waals surface area contributed by atoms with E-state index in [2.05, 4.69) is 9.71 Å². The molecular weight excluding hydrogens is 364 g/mol. The molecule has 0 aliphatic heterocycles. The smallest absolute Gasteiger partial charge is 0.211 e. The lowest BCUT2D eigenvalue weighted by Crippen LogP contribution is -2.28. The predicted octanol–water partition coefficient (Wildman–Crippen LogP) is 3.03. The van der Waals surface area contributed by atoms with Crippen molar-refractivity contribution in [2.75, 3.05) is 12.9 Å². The third-order valence-corrected chi connectivity index (χ3v) is 4.96. The molecule has 3 aromatic rings. The van der Waals surface area contributed by atoms with Gasteiger partial charge in [0.25, 0.3) is 0 Å². The van der Waals surface area contributed by atoms with Gasteiger partial charge in [0.15, 0.2) is 6.23 Å². The molecule has 6 nitrogen and oxygen atoms in total. The first-order valence-electron chi connectivity index (χ1n) is 8.78. The lowest BCUT2D eigenvalue weighted by molar-refractivity contribution is 0.161. The Labute approximate surface area is 159 Å². The molecule has 0 aliphatic carbocycles. The zero-order valence-corrected chi connectivity index (χ0v) is 16.2. The van der Waals surface area contributed by atoms with Gasteiger partial charge in [-0.25, -0.2) is 8.42 Å². The number of aliphatic hydroxyl groups excluding tert-OH is 1. The number of aromatic nitrogens is 1. The number of benzene rings is 2. The molecule has 0 saturated carbocycles. The van der Waals surface area contributed by atoms with Crippen LogP contribution in [0.5, 0.6) is 5.75 Å². The topological polar surface area (TPSA) is 91.4 Å². The van der Waals surface area contributed by atoms with Gasteiger partial charge in [0.1, 0.15) is 5.75 Å². The van der Waals surface area contributed by atoms with Crippen molar-refractivity contribution in [2.24, 2.45) is 0 Å². The van der Waals surface area contributed by atoms with Crippen molar-refractivity contribution >= 4 is 20.9 Å². The standard InChI is InChI=1S/C20H24N2O4S/c1-14-9-11-15(12-10-14)26-13-5-7-17-16-6-3-4-8-18(16)21-19(17)20(23)22-27(2,24)25/h3-4,6,8-12,20-23H,5,7,13H2,1-2H3. The molecule has 2 aromatic carbocycles. The van der Waals surface area contributed by atoms with E-state index in [-0.39, 0.29) is 0 Å². The molecule has 0 amide bonds. The maximum Gasteiger partial charge on any atom is 0.211 e. The highest BCUT2D eigenvalue weighted by atomic mass is 32.2. The van der Waals surface area contributed by atoms with Crippen LogP contribution in [-0.4, -0.2) is 31.4 Å². The monoisotopic (exact) mass is 388 g/mol. The van der Waals surface area contributed by atoms with Gasteiger partial charge >= 0.3 is 0 Å². The number of sulfonamides is 1. The summed E-state index contributed by atoms with van der Waals surface area (Å²) in [4.78, 5) is 3.13. The minimum absolute atomic E-state index is 0.469. The van der Waals surface area contributed by atoms with E-state index in [1.165, 1.54) is 5.56 Å². The van der Waals surface area contributed by atoms with Crippen LogP contribution < -0.4 is 9.46 Å². The van der Waals surface area contributed by atoms with Crippen molar-refractivity contribution < 1.29 is 18.3 Å². The zero-order valence-electron chi connectivity index (χ0n) is 15.4. The number of ether oxygens (including phenoxy) is 1. The Morgan fingerprint density at radius 1 is 1.15 bits per heavy atom. The van der Waals surface area contributed by atoms with Crippen molar-refractivity contribution in [3.8, 4) is 5.75 Å². The van der Waals surface area contributed by atoms with Crippen LogP contribution in [0.25, 0.3) is 10.9 Å². The summed E-state index contributed by atoms with van der Waals surface area (Å²) in [6.07, 6.45) is 1.08. The SMILES string of the molecule is Cc1ccc(OCCCc2c(C(O)NS(C)(=O)=O)[nH]c3ccccc23)cc1. The van der Waals surface area contributed by atoms with Crippen LogP contribution in [0.3, 0.4) is 0 Å². The molecular formula is C20H24N2O4S. The van der Waals surface area contributed by atoms with Gasteiger partial charge in [0.05, 0.1) is 18.6 Å². The number of H-pyrrole nitrogens is 1. The minimum atomic E-state index is -3.54. The summed E-state index contributed by atoms with van der Waals surface area (Å²) >= 11 is 0. The van der Waals surface area contributed by atoms with Crippen LogP contribution in [0.1, 0.15) is 29.5 Å². The maximum absolute atomic E-state index is 11.5. The average molecular weight is 388 g/mol. The molecule has 1 aromatic heterocycles. The lowest BCUT2D eigenvalue weighted by atomic mass is 10.1. The molecule has 0 fully saturated rings. The van der Waals surface area contributed by atoms with Gasteiger partial charge in [-0.15, -0.1) is 0 Å². The highest BCUT2D eigenvalue weighted by molar-refractivity contribution is 7.88. The molecule has 1 heterocycles. The molecule has 0 radical (unpaired) electrons. The Balaban J connectivity index is 1.73. The number of nitrogens with one attached hydrogen (secondary N) is 2. The van der Waals surface area contributed by atoms with Gasteiger partial charge in [-0.05, 0) is 43.5 Å². The van der Waals surface area contributed by atoms with Gasteiger partial charge in [0.2, 0.25) is 10.0 Å². The third kappa shape index (κ3) is 5.09. The van der Waals surface area contributed by atoms with E-state index in [1.54, 1.807) is 0 Å². The third-order valence-electron chi connectivity index (χ3n) is 4.31. The van der Waals surface area contributed by atoms with Crippen molar-refractivity contribution in [3.63, 3.8) is 0 Å². The fraction of sp³-hybridized carbons (Fsp3) is 0.300. The minimum Gasteiger partial charge on any atom is -0.494 e. The van der Waals surface area contributed by atoms with Gasteiger partial charge in [0, 0.05) is 10.9 Å². The average Bonchev–Trinajstić information content (AvgIpc) is 2.98. The summed E-state index contributed by atoms with van der Waals surface area (Å²) in [6, 6.07) is 15.5. The molecule has 27 heavy (non-hydrogen) atoms. The number of aromatic amines is 1. The van der Waals surface area contributed by atoms with Crippen LogP contribution in [0.2, 0.25) is 0 Å². The molecule has 0 spiro atoms. The zero-order chi connectivity index (χ0) is 19.4. The summed E-state index contributed by atoms with van der Waals surface area (Å²) in [5.41, 5.74) is 3.40. The summed E-state index contributed by atoms with van der Waals surface area (Å²) in [5.74, 6) is 0.818. The first-order valence-corrected chi connectivity index (χ1v) is 10.7. The Hall–Kier alpha value is -2.35. The highest BCUT2D eigenvalue weighted by Crippen LogP contribution is 2.27. The van der Waals surface area contributed by atoms with Crippen molar-refractivity contribution in [1.29, 1.82) is 0 Å². The normalized spacial score (nSPS) is 13.0. The first kappa shape index (κ1) is 19.4. The van der Waals surface area contributed by atoms with Gasteiger partial charge in [-0.1, -0.05) is 35.9 Å². The summed E-state index contributed by atoms with van der Waals surface area (Å²) in [6.45, 7) is 2.55. The number of para-hydroxylation sites is 1. The Morgan fingerprint density at radius 2 is 1.85 bits per heavy atom. The van der Waals surface area contributed by atoms with Crippen LogP contribution >= 0.6 is 0 Å². The molecule has 3 N–H and O–H groups in total. The van der Waals surface area contributed by atoms with Gasteiger partial charge in [-0.3, -0.25) is 0 Å². The summed E-state index contributed by atoms with van der Waals surface area (Å²) < 4.78 is 30.9. The second kappa shape index (κ2) is 8.12. The maximum atomic E-state index is 11.5. The number of hydrogen-bond acceptors (Lipinski definition) is 4. The van der Waals surface area contributed by atoms with E-state index < -0.39 is 16.3 Å². The van der Waals surface area contributed by atoms with E-state index >= 15 is 0 Å². The van der Waals surface area contributed by atoms with Crippen LogP contribution in [0.15, 0.2) is 48.5 Å². The van der Waals surface area contributed by atoms with E-state index in [9.17, 15) is 13.5 Å². The van der Waals surface area contributed by atoms with Crippen molar-refractivity contribution in [3.05, 3.63) is 65.4 Å². The summed E-state index contributed by atoms with van der Waals surface area (Å²) in [7, 11) is -3.54. The molecule has 1 unspecified atom stereocenters. The van der Waals surface area contributed by atoms with E-state index in [1.807, 2.05) is 55.5 Å². The van der Waals surface area contributed by atoms with Crippen LogP contribution in [0.4, 0.5) is 0 Å². The molecule has 1 atom stereocenters. The molecule has 144 valence electrons. The first-order chi connectivity index (χ1) is 12.8. The van der Waals surface area contributed by atoms with Gasteiger partial charge < -0.3 is 14.8 Å². The van der Waals surface area contributed by atoms with E-state index in [0.29, 0.717) is 18.7 Å². The van der Waals surface area contributed by atoms with Crippen molar-refractivity contribution in [2.45, 2.75) is 26.0 Å². The number of hydrogen-bond donors (Lipinski definition) is 3. The quantitative estimate of drug-likeness (QED) is 0.409. The van der Waals surface area contributed by atoms with E-state index in [4.69, 9.17) is 4.74 Å². The molecule has 0 aliphatic rings. The molecule has 3 rings (SSSR count). The Kier molecular flexibility index (Phi) is 5.84. The second-order valence-corrected chi connectivity index (χ2v) is 8.40. The highest BCUT2D eigenvalue weighted by Gasteiger charge is 2.20. The second-order valence-electron chi connectivity index (χ2n) is 6.62. The van der Waals surface area contributed by atoms with Crippen molar-refractivity contribution in [1.82, 2.24) is 9.71 Å². The molecule has 0 saturated heterocycles. The molecule has 0 bridgehead atoms. The number of aryl methyl sites for hydroxylation is 2. The fourth-order valence-electron chi connectivity index (χ4n) is 3.06. The Morgan fingerprint density at radius 3 is 2.56 bits per heavy atom. The van der Waals surface area contributed by atoms with Crippen LogP contribution in [-0.2, 0) is 16.4 Å². The number of fused-ring (bicyclic) bond motifs is 1. The van der Waals surface area contributed by atoms with Gasteiger partial charge in [-0.2, -0.15) is 4.72 Å². The number of rotatable bonds is 8. The lowest BCUT2D eigenvalue weighted by Gasteiger charge is -2.13.